The summed E-state index contributed by atoms with van der Waals surface area (Å²) < 4.78 is 0. The van der Waals surface area contributed by atoms with Crippen LogP contribution < -0.4 is 0 Å². The van der Waals surface area contributed by atoms with E-state index in [-0.39, 0.29) is 0 Å². The third-order valence-corrected chi connectivity index (χ3v) is 5.24. The fourth-order valence-corrected chi connectivity index (χ4v) is 4.32. The molecule has 0 amide bonds. The molecule has 110 valence electrons. The molecule has 4 nitrogen and oxygen atoms in total. The Morgan fingerprint density at radius 2 is 1.40 bits per heavy atom. The molecule has 0 aromatic heterocycles. The molecular weight excluding hydrogens is 252 g/mol. The quantitative estimate of drug-likeness (QED) is 0.368. The van der Waals surface area contributed by atoms with Crippen LogP contribution in [0.5, 0.6) is 0 Å². The summed E-state index contributed by atoms with van der Waals surface area (Å²) in [6.07, 6.45) is 13.2. The second-order valence-corrected chi connectivity index (χ2v) is 6.33. The molecule has 0 aromatic carbocycles. The lowest BCUT2D eigenvalue weighted by atomic mass is 9.78. The molecule has 2 fully saturated rings. The van der Waals surface area contributed by atoms with Crippen LogP contribution in [0, 0.1) is 23.7 Å². The van der Waals surface area contributed by atoms with Crippen LogP contribution in [0.3, 0.4) is 0 Å². The first kappa shape index (κ1) is 15.2. The van der Waals surface area contributed by atoms with Crippen molar-refractivity contribution in [3.63, 3.8) is 0 Å². The SMILES string of the molecule is O=C=NCCCCCC1CC2CC1CC2CCN=C=O. The van der Waals surface area contributed by atoms with E-state index in [1.54, 1.807) is 12.2 Å². The first-order valence-electron chi connectivity index (χ1n) is 7.92. The molecule has 0 heterocycles. The monoisotopic (exact) mass is 276 g/mol. The zero-order valence-corrected chi connectivity index (χ0v) is 12.1. The second-order valence-electron chi connectivity index (χ2n) is 6.33. The van der Waals surface area contributed by atoms with E-state index in [2.05, 4.69) is 9.98 Å². The van der Waals surface area contributed by atoms with Crippen molar-refractivity contribution >= 4 is 12.2 Å². The van der Waals surface area contributed by atoms with Gasteiger partial charge in [0, 0.05) is 0 Å². The van der Waals surface area contributed by atoms with Gasteiger partial charge in [0.1, 0.15) is 0 Å². The molecule has 4 atom stereocenters. The van der Waals surface area contributed by atoms with E-state index in [0.29, 0.717) is 13.1 Å². The summed E-state index contributed by atoms with van der Waals surface area (Å²) in [4.78, 5) is 27.3. The Kier molecular flexibility index (Phi) is 6.17. The first-order chi connectivity index (χ1) is 9.85. The number of nitrogens with zero attached hydrogens (tertiary/aromatic N) is 2. The van der Waals surface area contributed by atoms with Crippen LogP contribution in [0.1, 0.15) is 51.4 Å². The van der Waals surface area contributed by atoms with Gasteiger partial charge in [-0.1, -0.05) is 19.3 Å². The Labute approximate surface area is 120 Å². The van der Waals surface area contributed by atoms with Crippen molar-refractivity contribution in [1.29, 1.82) is 0 Å². The van der Waals surface area contributed by atoms with Gasteiger partial charge in [-0.2, -0.15) is 0 Å². The van der Waals surface area contributed by atoms with Crippen LogP contribution in [0.25, 0.3) is 0 Å². The molecule has 0 aliphatic heterocycles. The zero-order valence-electron chi connectivity index (χ0n) is 12.1. The Morgan fingerprint density at radius 3 is 2.05 bits per heavy atom. The third-order valence-electron chi connectivity index (χ3n) is 5.24. The van der Waals surface area contributed by atoms with E-state index in [1.807, 2.05) is 0 Å². The van der Waals surface area contributed by atoms with Crippen LogP contribution in [-0.4, -0.2) is 25.2 Å². The smallest absolute Gasteiger partial charge is 0.211 e. The summed E-state index contributed by atoms with van der Waals surface area (Å²) in [5, 5.41) is 0. The number of rotatable bonds is 9. The van der Waals surface area contributed by atoms with Gasteiger partial charge < -0.3 is 0 Å². The van der Waals surface area contributed by atoms with Gasteiger partial charge in [-0.25, -0.2) is 19.6 Å². The van der Waals surface area contributed by atoms with Gasteiger partial charge in [0.2, 0.25) is 12.2 Å². The summed E-state index contributed by atoms with van der Waals surface area (Å²) in [6.45, 7) is 1.30. The molecule has 0 aromatic rings. The van der Waals surface area contributed by atoms with Gasteiger partial charge in [0.15, 0.2) is 0 Å². The predicted octanol–water partition coefficient (Wildman–Crippen LogP) is 3.27. The zero-order chi connectivity index (χ0) is 14.2. The highest BCUT2D eigenvalue weighted by molar-refractivity contribution is 5.32. The van der Waals surface area contributed by atoms with Crippen molar-refractivity contribution in [1.82, 2.24) is 0 Å². The summed E-state index contributed by atoms with van der Waals surface area (Å²) in [5.74, 6) is 3.51. The molecule has 0 spiro atoms. The van der Waals surface area contributed by atoms with Crippen molar-refractivity contribution in [3.8, 4) is 0 Å². The fraction of sp³-hybridized carbons (Fsp3) is 0.875. The average molecular weight is 276 g/mol. The minimum atomic E-state index is 0.638. The van der Waals surface area contributed by atoms with E-state index in [1.165, 1.54) is 38.5 Å². The number of unbranched alkanes of at least 4 members (excludes halogenated alkanes) is 2. The fourth-order valence-electron chi connectivity index (χ4n) is 4.32. The topological polar surface area (TPSA) is 58.9 Å². The maximum absolute atomic E-state index is 10.1. The van der Waals surface area contributed by atoms with Gasteiger partial charge in [-0.3, -0.25) is 0 Å². The lowest BCUT2D eigenvalue weighted by Gasteiger charge is -2.27. The number of fused-ring (bicyclic) bond motifs is 2. The van der Waals surface area contributed by atoms with Crippen LogP contribution in [-0.2, 0) is 9.59 Å². The van der Waals surface area contributed by atoms with Crippen molar-refractivity contribution in [2.24, 2.45) is 33.7 Å². The second kappa shape index (κ2) is 8.14. The minimum Gasteiger partial charge on any atom is -0.211 e. The number of hydrogen-bond donors (Lipinski definition) is 0. The highest BCUT2D eigenvalue weighted by Gasteiger charge is 2.44. The van der Waals surface area contributed by atoms with Crippen molar-refractivity contribution in [3.05, 3.63) is 0 Å². The first-order valence-corrected chi connectivity index (χ1v) is 7.92. The third kappa shape index (κ3) is 4.13. The average Bonchev–Trinajstić information content (AvgIpc) is 3.03. The van der Waals surface area contributed by atoms with E-state index in [9.17, 15) is 9.59 Å². The van der Waals surface area contributed by atoms with Gasteiger partial charge in [0.05, 0.1) is 13.1 Å². The number of carbonyl (C=O) groups excluding carboxylic acids is 2. The summed E-state index contributed by atoms with van der Waals surface area (Å²) in [6, 6.07) is 0. The molecule has 4 unspecified atom stereocenters. The van der Waals surface area contributed by atoms with E-state index in [4.69, 9.17) is 0 Å². The molecule has 0 N–H and O–H groups in total. The van der Waals surface area contributed by atoms with Gasteiger partial charge in [-0.05, 0) is 55.8 Å². The van der Waals surface area contributed by atoms with Crippen LogP contribution in [0.2, 0.25) is 0 Å². The van der Waals surface area contributed by atoms with E-state index >= 15 is 0 Å². The highest BCUT2D eigenvalue weighted by Crippen LogP contribution is 2.54. The Balaban J connectivity index is 1.59. The largest absolute Gasteiger partial charge is 0.234 e. The Bertz CT molecular complexity index is 397. The van der Waals surface area contributed by atoms with E-state index in [0.717, 1.165) is 36.5 Å². The molecule has 2 saturated carbocycles. The summed E-state index contributed by atoms with van der Waals surface area (Å²) in [5.41, 5.74) is 0. The maximum atomic E-state index is 10.1. The number of isocyanates is 2. The normalized spacial score (nSPS) is 30.8. The van der Waals surface area contributed by atoms with Crippen LogP contribution in [0.15, 0.2) is 9.98 Å². The lowest BCUT2D eigenvalue weighted by molar-refractivity contribution is 0.234. The molecule has 2 bridgehead atoms. The van der Waals surface area contributed by atoms with Gasteiger partial charge in [-0.15, -0.1) is 0 Å². The van der Waals surface area contributed by atoms with Crippen molar-refractivity contribution in [2.75, 3.05) is 13.1 Å². The van der Waals surface area contributed by atoms with Crippen molar-refractivity contribution in [2.45, 2.75) is 51.4 Å². The summed E-state index contributed by atoms with van der Waals surface area (Å²) >= 11 is 0. The number of hydrogen-bond acceptors (Lipinski definition) is 4. The Morgan fingerprint density at radius 1 is 0.750 bits per heavy atom. The predicted molar refractivity (Wildman–Crippen MR) is 76.9 cm³/mol. The molecule has 0 radical (unpaired) electrons. The molecule has 2 aliphatic carbocycles. The highest BCUT2D eigenvalue weighted by atomic mass is 16.1. The maximum Gasteiger partial charge on any atom is 0.234 e. The molecular formula is C16H24N2O2. The summed E-state index contributed by atoms with van der Waals surface area (Å²) in [7, 11) is 0. The molecule has 0 saturated heterocycles. The van der Waals surface area contributed by atoms with Crippen molar-refractivity contribution < 1.29 is 9.59 Å². The van der Waals surface area contributed by atoms with Crippen LogP contribution >= 0.6 is 0 Å². The van der Waals surface area contributed by atoms with Gasteiger partial charge in [0.25, 0.3) is 0 Å². The Hall–Kier alpha value is -1.24. The lowest BCUT2D eigenvalue weighted by Crippen LogP contribution is -2.18. The van der Waals surface area contributed by atoms with Crippen LogP contribution in [0.4, 0.5) is 0 Å². The van der Waals surface area contributed by atoms with Gasteiger partial charge >= 0.3 is 0 Å². The molecule has 2 rings (SSSR count). The van der Waals surface area contributed by atoms with E-state index < -0.39 is 0 Å². The minimum absolute atomic E-state index is 0.638. The molecule has 20 heavy (non-hydrogen) atoms. The molecule has 4 heteroatoms. The molecule has 2 aliphatic rings. The standard InChI is InChI=1S/C16H24N2O2/c19-11-17-6-3-1-2-4-13-8-16-10-15(13)9-14(16)5-7-18-12-20/h13-16H,1-10H2. The number of aliphatic imine (C=N–C) groups is 2.